The van der Waals surface area contributed by atoms with Crippen LogP contribution in [0.1, 0.15) is 23.6 Å². The summed E-state index contributed by atoms with van der Waals surface area (Å²) in [5, 5.41) is 0. The maximum atomic E-state index is 5.89. The number of hydrogen-bond donors (Lipinski definition) is 1. The molecular formula is C16H19BrN2O. The van der Waals surface area contributed by atoms with E-state index in [9.17, 15) is 0 Å². The predicted molar refractivity (Wildman–Crippen MR) is 85.3 cm³/mol. The number of halogens is 1. The average Bonchev–Trinajstić information content (AvgIpc) is 2.35. The Kier molecular flexibility index (Phi) is 4.78. The summed E-state index contributed by atoms with van der Waals surface area (Å²) >= 11 is 3.56. The van der Waals surface area contributed by atoms with Crippen LogP contribution in [0.2, 0.25) is 0 Å². The van der Waals surface area contributed by atoms with Crippen LogP contribution in [0, 0.1) is 13.8 Å². The Morgan fingerprint density at radius 2 is 1.80 bits per heavy atom. The highest BCUT2D eigenvalue weighted by Gasteiger charge is 2.06. The van der Waals surface area contributed by atoms with Crippen molar-refractivity contribution in [1.29, 1.82) is 0 Å². The average molecular weight is 335 g/mol. The molecule has 1 aromatic heterocycles. The maximum Gasteiger partial charge on any atom is 0.145 e. The summed E-state index contributed by atoms with van der Waals surface area (Å²) in [5.74, 6) is 1.56. The Bertz CT molecular complexity index is 588. The van der Waals surface area contributed by atoms with Gasteiger partial charge in [0.1, 0.15) is 11.5 Å². The first-order chi connectivity index (χ1) is 9.45. The lowest BCUT2D eigenvalue weighted by Crippen LogP contribution is -2.17. The fourth-order valence-electron chi connectivity index (χ4n) is 2.10. The Morgan fingerprint density at radius 3 is 2.40 bits per heavy atom. The molecule has 0 bridgehead atoms. The van der Waals surface area contributed by atoms with Crippen molar-refractivity contribution in [2.75, 3.05) is 0 Å². The second kappa shape index (κ2) is 6.37. The van der Waals surface area contributed by atoms with Gasteiger partial charge in [-0.2, -0.15) is 0 Å². The maximum absolute atomic E-state index is 5.89. The van der Waals surface area contributed by atoms with Gasteiger partial charge in [-0.05, 0) is 62.1 Å². The third-order valence-electron chi connectivity index (χ3n) is 2.97. The predicted octanol–water partition coefficient (Wildman–Crippen LogP) is 4.14. The Labute approximate surface area is 128 Å². The van der Waals surface area contributed by atoms with E-state index in [-0.39, 0.29) is 6.04 Å². The van der Waals surface area contributed by atoms with Gasteiger partial charge < -0.3 is 10.5 Å². The number of aromatic nitrogens is 1. The van der Waals surface area contributed by atoms with E-state index >= 15 is 0 Å². The third-order valence-corrected chi connectivity index (χ3v) is 4.22. The molecule has 3 nitrogen and oxygen atoms in total. The Hall–Kier alpha value is -1.39. The molecule has 0 amide bonds. The second-order valence-electron chi connectivity index (χ2n) is 5.18. The van der Waals surface area contributed by atoms with E-state index in [1.807, 2.05) is 31.3 Å². The van der Waals surface area contributed by atoms with Crippen LogP contribution < -0.4 is 10.5 Å². The minimum Gasteiger partial charge on any atom is -0.456 e. The molecule has 1 aromatic carbocycles. The molecule has 1 unspecified atom stereocenters. The van der Waals surface area contributed by atoms with Crippen LogP contribution >= 0.6 is 15.9 Å². The van der Waals surface area contributed by atoms with Gasteiger partial charge in [0.25, 0.3) is 0 Å². The molecule has 2 rings (SSSR count). The van der Waals surface area contributed by atoms with Gasteiger partial charge in [-0.25, -0.2) is 0 Å². The SMILES string of the molecule is Cc1cc(Oc2cncc(CC(C)N)c2)cc(C)c1Br. The lowest BCUT2D eigenvalue weighted by atomic mass is 10.1. The lowest BCUT2D eigenvalue weighted by molar-refractivity contribution is 0.478. The Morgan fingerprint density at radius 1 is 1.15 bits per heavy atom. The normalized spacial score (nSPS) is 12.2. The summed E-state index contributed by atoms with van der Waals surface area (Å²) in [5.41, 5.74) is 9.20. The molecule has 0 aliphatic heterocycles. The molecule has 0 saturated carbocycles. The van der Waals surface area contributed by atoms with Gasteiger partial charge in [0.15, 0.2) is 0 Å². The molecule has 2 N–H and O–H groups in total. The summed E-state index contributed by atoms with van der Waals surface area (Å²) in [6.07, 6.45) is 4.34. The number of pyridine rings is 1. The molecule has 0 radical (unpaired) electrons. The third kappa shape index (κ3) is 3.81. The van der Waals surface area contributed by atoms with E-state index in [0.29, 0.717) is 0 Å². The number of ether oxygens (including phenoxy) is 1. The highest BCUT2D eigenvalue weighted by molar-refractivity contribution is 9.10. The van der Waals surface area contributed by atoms with Crippen molar-refractivity contribution in [1.82, 2.24) is 4.98 Å². The van der Waals surface area contributed by atoms with E-state index in [1.165, 1.54) is 0 Å². The van der Waals surface area contributed by atoms with Crippen LogP contribution in [0.15, 0.2) is 35.1 Å². The number of aryl methyl sites for hydroxylation is 2. The number of hydrogen-bond acceptors (Lipinski definition) is 3. The van der Waals surface area contributed by atoms with Crippen LogP contribution in [-0.2, 0) is 6.42 Å². The summed E-state index contributed by atoms with van der Waals surface area (Å²) in [7, 11) is 0. The van der Waals surface area contributed by atoms with Crippen LogP contribution in [0.25, 0.3) is 0 Å². The zero-order chi connectivity index (χ0) is 14.7. The highest BCUT2D eigenvalue weighted by atomic mass is 79.9. The van der Waals surface area contributed by atoms with Gasteiger partial charge in [0, 0.05) is 16.7 Å². The van der Waals surface area contributed by atoms with Crippen molar-refractivity contribution in [3.05, 3.63) is 51.8 Å². The minimum atomic E-state index is 0.115. The molecule has 1 heterocycles. The first-order valence-corrected chi connectivity index (χ1v) is 7.39. The molecular weight excluding hydrogens is 316 g/mol. The molecule has 0 aliphatic rings. The van der Waals surface area contributed by atoms with E-state index in [2.05, 4.69) is 34.8 Å². The van der Waals surface area contributed by atoms with Crippen molar-refractivity contribution >= 4 is 15.9 Å². The molecule has 1 atom stereocenters. The number of benzene rings is 1. The molecule has 20 heavy (non-hydrogen) atoms. The topological polar surface area (TPSA) is 48.1 Å². The molecule has 2 aromatic rings. The van der Waals surface area contributed by atoms with Crippen LogP contribution in [0.5, 0.6) is 11.5 Å². The van der Waals surface area contributed by atoms with Gasteiger partial charge in [-0.3, -0.25) is 4.98 Å². The molecule has 4 heteroatoms. The molecule has 106 valence electrons. The monoisotopic (exact) mass is 334 g/mol. The van der Waals surface area contributed by atoms with Crippen LogP contribution in [0.3, 0.4) is 0 Å². The first kappa shape index (κ1) is 15.0. The number of rotatable bonds is 4. The van der Waals surface area contributed by atoms with Gasteiger partial charge in [-0.1, -0.05) is 15.9 Å². The van der Waals surface area contributed by atoms with Crippen molar-refractivity contribution in [3.63, 3.8) is 0 Å². The van der Waals surface area contributed by atoms with Gasteiger partial charge >= 0.3 is 0 Å². The molecule has 0 fully saturated rings. The summed E-state index contributed by atoms with van der Waals surface area (Å²) < 4.78 is 7.01. The zero-order valence-electron chi connectivity index (χ0n) is 12.0. The van der Waals surface area contributed by atoms with Gasteiger partial charge in [0.05, 0.1) is 6.20 Å². The smallest absolute Gasteiger partial charge is 0.145 e. The molecule has 0 spiro atoms. The summed E-state index contributed by atoms with van der Waals surface area (Å²) in [6, 6.07) is 6.12. The summed E-state index contributed by atoms with van der Waals surface area (Å²) in [6.45, 7) is 6.08. The largest absolute Gasteiger partial charge is 0.456 e. The highest BCUT2D eigenvalue weighted by Crippen LogP contribution is 2.29. The van der Waals surface area contributed by atoms with Crippen LogP contribution in [0.4, 0.5) is 0 Å². The van der Waals surface area contributed by atoms with E-state index < -0.39 is 0 Å². The number of nitrogens with two attached hydrogens (primary N) is 1. The van der Waals surface area contributed by atoms with Crippen molar-refractivity contribution in [3.8, 4) is 11.5 Å². The summed E-state index contributed by atoms with van der Waals surface area (Å²) in [4.78, 5) is 4.21. The molecule has 0 aliphatic carbocycles. The first-order valence-electron chi connectivity index (χ1n) is 6.60. The standard InChI is InChI=1S/C16H19BrN2O/c1-10-4-14(5-11(2)16(10)17)20-15-7-13(6-12(3)18)8-19-9-15/h4-5,7-9,12H,6,18H2,1-3H3. The van der Waals surface area contributed by atoms with Gasteiger partial charge in [0.2, 0.25) is 0 Å². The van der Waals surface area contributed by atoms with E-state index in [4.69, 9.17) is 10.5 Å². The lowest BCUT2D eigenvalue weighted by Gasteiger charge is -2.11. The zero-order valence-corrected chi connectivity index (χ0v) is 13.6. The van der Waals surface area contributed by atoms with Crippen molar-refractivity contribution in [2.24, 2.45) is 5.73 Å². The van der Waals surface area contributed by atoms with Crippen LogP contribution in [-0.4, -0.2) is 11.0 Å². The second-order valence-corrected chi connectivity index (χ2v) is 5.98. The van der Waals surface area contributed by atoms with Crippen molar-refractivity contribution in [2.45, 2.75) is 33.2 Å². The molecule has 0 saturated heterocycles. The van der Waals surface area contributed by atoms with Gasteiger partial charge in [-0.15, -0.1) is 0 Å². The fourth-order valence-corrected chi connectivity index (χ4v) is 2.33. The minimum absolute atomic E-state index is 0.115. The van der Waals surface area contributed by atoms with Crippen molar-refractivity contribution < 1.29 is 4.74 Å². The fraction of sp³-hybridized carbons (Fsp3) is 0.312. The number of nitrogens with zero attached hydrogens (tertiary/aromatic N) is 1. The quantitative estimate of drug-likeness (QED) is 0.913. The Balaban J connectivity index is 2.22. The van der Waals surface area contributed by atoms with E-state index in [0.717, 1.165) is 39.1 Å². The van der Waals surface area contributed by atoms with E-state index in [1.54, 1.807) is 6.20 Å².